The highest BCUT2D eigenvalue weighted by molar-refractivity contribution is 7.89. The zero-order valence-electron chi connectivity index (χ0n) is 14.7. The van der Waals surface area contributed by atoms with Crippen LogP contribution >= 0.6 is 0 Å². The van der Waals surface area contributed by atoms with E-state index in [1.165, 1.54) is 35.6 Å². The van der Waals surface area contributed by atoms with Gasteiger partial charge < -0.3 is 10.4 Å². The largest absolute Gasteiger partial charge is 0.481 e. The van der Waals surface area contributed by atoms with E-state index in [4.69, 9.17) is 5.11 Å². The lowest BCUT2D eigenvalue weighted by Gasteiger charge is -2.41. The van der Waals surface area contributed by atoms with Crippen molar-refractivity contribution in [2.45, 2.75) is 56.0 Å². The molecular formula is C17H24N2O5S. The van der Waals surface area contributed by atoms with Gasteiger partial charge in [0.2, 0.25) is 10.0 Å². The maximum atomic E-state index is 12.4. The molecule has 7 nitrogen and oxygen atoms in total. The van der Waals surface area contributed by atoms with Crippen LogP contribution in [-0.2, 0) is 14.8 Å². The fraction of sp³-hybridized carbons (Fsp3) is 0.529. The average Bonchev–Trinajstić information content (AvgIpc) is 2.51. The first-order chi connectivity index (χ1) is 11.6. The van der Waals surface area contributed by atoms with E-state index < -0.39 is 21.5 Å². The maximum absolute atomic E-state index is 12.4. The van der Waals surface area contributed by atoms with Gasteiger partial charge in [0.15, 0.2) is 0 Å². The molecule has 0 radical (unpaired) electrons. The molecule has 2 rings (SSSR count). The summed E-state index contributed by atoms with van der Waals surface area (Å²) in [4.78, 5) is 23.5. The molecule has 2 N–H and O–H groups in total. The van der Waals surface area contributed by atoms with Gasteiger partial charge >= 0.3 is 5.97 Å². The average molecular weight is 368 g/mol. The highest BCUT2D eigenvalue weighted by atomic mass is 32.2. The van der Waals surface area contributed by atoms with Gasteiger partial charge in [0.25, 0.3) is 5.91 Å². The molecule has 0 spiro atoms. The minimum absolute atomic E-state index is 0.107. The number of carbonyl (C=O) groups excluding carboxylic acids is 1. The smallest absolute Gasteiger partial charge is 0.305 e. The highest BCUT2D eigenvalue weighted by Gasteiger charge is 2.40. The van der Waals surface area contributed by atoms with Crippen LogP contribution in [0, 0.1) is 0 Å². The van der Waals surface area contributed by atoms with Crippen molar-refractivity contribution in [3.8, 4) is 0 Å². The third-order valence-electron chi connectivity index (χ3n) is 4.70. The standard InChI is InChI=1S/C17H24N2O5S/c1-12(2)19(3)25(23,24)14-7-5-13(6-8-14)16(22)18-17(9-4-10-17)11-15(20)21/h5-8,12H,4,9-11H2,1-3H3,(H,18,22)(H,20,21). The van der Waals surface area contributed by atoms with Crippen molar-refractivity contribution in [1.29, 1.82) is 0 Å². The van der Waals surface area contributed by atoms with E-state index in [1.54, 1.807) is 13.8 Å². The summed E-state index contributed by atoms with van der Waals surface area (Å²) in [5, 5.41) is 11.8. The summed E-state index contributed by atoms with van der Waals surface area (Å²) in [6.45, 7) is 3.56. The Balaban J connectivity index is 2.14. The Morgan fingerprint density at radius 1 is 1.24 bits per heavy atom. The second-order valence-corrected chi connectivity index (χ2v) is 8.80. The first-order valence-corrected chi connectivity index (χ1v) is 9.64. The van der Waals surface area contributed by atoms with Gasteiger partial charge in [-0.25, -0.2) is 8.42 Å². The fourth-order valence-electron chi connectivity index (χ4n) is 2.77. The summed E-state index contributed by atoms with van der Waals surface area (Å²) in [6, 6.07) is 5.51. The van der Waals surface area contributed by atoms with Gasteiger partial charge in [-0.15, -0.1) is 0 Å². The van der Waals surface area contributed by atoms with Crippen LogP contribution in [0.15, 0.2) is 29.2 Å². The van der Waals surface area contributed by atoms with Crippen molar-refractivity contribution in [2.75, 3.05) is 7.05 Å². The number of nitrogens with zero attached hydrogens (tertiary/aromatic N) is 1. The molecule has 25 heavy (non-hydrogen) atoms. The molecule has 1 aliphatic carbocycles. The molecule has 138 valence electrons. The molecule has 0 atom stereocenters. The van der Waals surface area contributed by atoms with E-state index in [-0.39, 0.29) is 23.3 Å². The number of nitrogens with one attached hydrogen (secondary N) is 1. The summed E-state index contributed by atoms with van der Waals surface area (Å²) in [6.07, 6.45) is 2.05. The monoisotopic (exact) mass is 368 g/mol. The number of hydrogen-bond donors (Lipinski definition) is 2. The Morgan fingerprint density at radius 3 is 2.20 bits per heavy atom. The number of aliphatic carboxylic acids is 1. The van der Waals surface area contributed by atoms with Crippen molar-refractivity contribution in [1.82, 2.24) is 9.62 Å². The van der Waals surface area contributed by atoms with Crippen molar-refractivity contribution in [3.63, 3.8) is 0 Å². The van der Waals surface area contributed by atoms with Crippen LogP contribution in [0.5, 0.6) is 0 Å². The summed E-state index contributed by atoms with van der Waals surface area (Å²) in [5.74, 6) is -1.33. The predicted molar refractivity (Wildman–Crippen MR) is 92.8 cm³/mol. The second kappa shape index (κ2) is 7.13. The van der Waals surface area contributed by atoms with Crippen LogP contribution in [0.3, 0.4) is 0 Å². The molecule has 8 heteroatoms. The minimum Gasteiger partial charge on any atom is -0.481 e. The Labute approximate surface area is 148 Å². The van der Waals surface area contributed by atoms with Gasteiger partial charge in [-0.1, -0.05) is 0 Å². The Kier molecular flexibility index (Phi) is 5.53. The maximum Gasteiger partial charge on any atom is 0.305 e. The van der Waals surface area contributed by atoms with Gasteiger partial charge in [0.05, 0.1) is 16.9 Å². The molecule has 1 amide bonds. The van der Waals surface area contributed by atoms with Crippen molar-refractivity contribution in [2.24, 2.45) is 0 Å². The lowest BCUT2D eigenvalue weighted by atomic mass is 9.74. The molecule has 1 saturated carbocycles. The summed E-state index contributed by atoms with van der Waals surface area (Å²) < 4.78 is 26.1. The van der Waals surface area contributed by atoms with Gasteiger partial charge in [-0.05, 0) is 57.4 Å². The molecule has 0 unspecified atom stereocenters. The summed E-state index contributed by atoms with van der Waals surface area (Å²) >= 11 is 0. The van der Waals surface area contributed by atoms with Gasteiger partial charge in [0, 0.05) is 18.7 Å². The van der Waals surface area contributed by atoms with E-state index in [1.807, 2.05) is 0 Å². The van der Waals surface area contributed by atoms with Gasteiger partial charge in [-0.3, -0.25) is 9.59 Å². The number of hydrogen-bond acceptors (Lipinski definition) is 4. The highest BCUT2D eigenvalue weighted by Crippen LogP contribution is 2.35. The third kappa shape index (κ3) is 4.19. The summed E-state index contributed by atoms with van der Waals surface area (Å²) in [7, 11) is -2.09. The van der Waals surface area contributed by atoms with Gasteiger partial charge in [-0.2, -0.15) is 4.31 Å². The molecule has 0 bridgehead atoms. The quantitative estimate of drug-likeness (QED) is 0.764. The zero-order chi connectivity index (χ0) is 18.8. The third-order valence-corrected chi connectivity index (χ3v) is 6.75. The van der Waals surface area contributed by atoms with Crippen LogP contribution < -0.4 is 5.32 Å². The molecule has 1 aromatic carbocycles. The zero-order valence-corrected chi connectivity index (χ0v) is 15.5. The predicted octanol–water partition coefficient (Wildman–Crippen LogP) is 1.84. The molecule has 1 aliphatic rings. The first kappa shape index (κ1) is 19.4. The molecule has 0 aliphatic heterocycles. The molecule has 0 saturated heterocycles. The lowest BCUT2D eigenvalue weighted by molar-refractivity contribution is -0.139. The SMILES string of the molecule is CC(C)N(C)S(=O)(=O)c1ccc(C(=O)NC2(CC(=O)O)CCC2)cc1. The van der Waals surface area contributed by atoms with Gasteiger partial charge in [0.1, 0.15) is 0 Å². The molecule has 1 aromatic rings. The van der Waals surface area contributed by atoms with Crippen LogP contribution in [0.2, 0.25) is 0 Å². The molecule has 0 aromatic heterocycles. The number of carboxylic acids is 1. The molecule has 1 fully saturated rings. The molecule has 0 heterocycles. The minimum atomic E-state index is -3.60. The second-order valence-electron chi connectivity index (χ2n) is 6.80. The van der Waals surface area contributed by atoms with E-state index in [9.17, 15) is 18.0 Å². The topological polar surface area (TPSA) is 104 Å². The normalized spacial score (nSPS) is 16.5. The number of rotatable bonds is 7. The van der Waals surface area contributed by atoms with E-state index in [0.29, 0.717) is 18.4 Å². The first-order valence-electron chi connectivity index (χ1n) is 8.20. The lowest BCUT2D eigenvalue weighted by Crippen LogP contribution is -2.54. The Bertz CT molecular complexity index is 752. The van der Waals surface area contributed by atoms with Crippen molar-refractivity contribution >= 4 is 21.9 Å². The van der Waals surface area contributed by atoms with Crippen LogP contribution in [0.1, 0.15) is 49.9 Å². The van der Waals surface area contributed by atoms with E-state index >= 15 is 0 Å². The fourth-order valence-corrected chi connectivity index (χ4v) is 4.14. The van der Waals surface area contributed by atoms with Crippen LogP contribution in [-0.4, -0.2) is 48.3 Å². The summed E-state index contributed by atoms with van der Waals surface area (Å²) in [5.41, 5.74) is -0.381. The number of amides is 1. The Morgan fingerprint density at radius 2 is 1.80 bits per heavy atom. The number of carboxylic acid groups (broad SMARTS) is 1. The van der Waals surface area contributed by atoms with Crippen molar-refractivity contribution in [3.05, 3.63) is 29.8 Å². The van der Waals surface area contributed by atoms with Crippen molar-refractivity contribution < 1.29 is 23.1 Å². The molecular weight excluding hydrogens is 344 g/mol. The Hall–Kier alpha value is -1.93. The van der Waals surface area contributed by atoms with Crippen LogP contribution in [0.25, 0.3) is 0 Å². The number of sulfonamides is 1. The van der Waals surface area contributed by atoms with E-state index in [2.05, 4.69) is 5.32 Å². The van der Waals surface area contributed by atoms with E-state index in [0.717, 1.165) is 6.42 Å². The number of benzene rings is 1. The van der Waals surface area contributed by atoms with Crippen LogP contribution in [0.4, 0.5) is 0 Å². The number of carbonyl (C=O) groups is 2.